The molecule has 0 aliphatic heterocycles. The van der Waals surface area contributed by atoms with E-state index >= 15 is 0 Å². The van der Waals surface area contributed by atoms with Gasteiger partial charge in [0.05, 0.1) is 21.2 Å². The highest BCUT2D eigenvalue weighted by Crippen LogP contribution is 2.31. The van der Waals surface area contributed by atoms with Crippen LogP contribution in [0.25, 0.3) is 0 Å². The van der Waals surface area contributed by atoms with Crippen LogP contribution in [0.2, 0.25) is 18.1 Å². The van der Waals surface area contributed by atoms with E-state index in [1.807, 2.05) is 0 Å². The molecular formula is C21H37N3O4Si. The van der Waals surface area contributed by atoms with Crippen LogP contribution in [-0.2, 0) is 24.6 Å². The number of nitrogens with zero attached hydrogens (tertiary/aromatic N) is 3. The summed E-state index contributed by atoms with van der Waals surface area (Å²) in [5, 5.41) is 0. The van der Waals surface area contributed by atoms with Crippen LogP contribution in [0.3, 0.4) is 0 Å². The fourth-order valence-electron chi connectivity index (χ4n) is 4.21. The van der Waals surface area contributed by atoms with E-state index in [4.69, 9.17) is 4.74 Å². The Balaban J connectivity index is 3.33. The number of rotatable bonds is 14. The van der Waals surface area contributed by atoms with E-state index in [0.717, 1.165) is 33.0 Å². The van der Waals surface area contributed by atoms with Crippen LogP contribution in [0.4, 0.5) is 0 Å². The third kappa shape index (κ3) is 5.79. The molecule has 29 heavy (non-hydrogen) atoms. The molecule has 1 rings (SSSR count). The van der Waals surface area contributed by atoms with Gasteiger partial charge in [0.15, 0.2) is 0 Å². The van der Waals surface area contributed by atoms with Crippen LogP contribution in [0, 0.1) is 0 Å². The van der Waals surface area contributed by atoms with Crippen molar-refractivity contribution in [2.24, 2.45) is 0 Å². The number of ether oxygens (including phenoxy) is 1. The Morgan fingerprint density at radius 2 is 1.21 bits per heavy atom. The van der Waals surface area contributed by atoms with Gasteiger partial charge in [-0.15, -0.1) is 13.2 Å². The summed E-state index contributed by atoms with van der Waals surface area (Å²) in [5.41, 5.74) is -1.97. The number of allylic oxidation sites excluding steroid dienone is 2. The van der Waals surface area contributed by atoms with Crippen molar-refractivity contribution in [1.29, 1.82) is 0 Å². The van der Waals surface area contributed by atoms with Gasteiger partial charge in [0.2, 0.25) is 0 Å². The Hall–Kier alpha value is -1.93. The normalized spacial score (nSPS) is 12.7. The molecule has 0 aliphatic carbocycles. The zero-order valence-corrected chi connectivity index (χ0v) is 19.5. The SMILES string of the molecule is C=CCn1c(=O)n(CC=C)c(=O)n(COC(C)[Si](CCC)(CCC)CCC)c1=O. The maximum atomic E-state index is 12.8. The van der Waals surface area contributed by atoms with Gasteiger partial charge in [0, 0.05) is 5.73 Å². The molecular weight excluding hydrogens is 386 g/mol. The van der Waals surface area contributed by atoms with E-state index in [9.17, 15) is 14.4 Å². The average Bonchev–Trinajstić information content (AvgIpc) is 2.68. The highest BCUT2D eigenvalue weighted by atomic mass is 28.3. The lowest BCUT2D eigenvalue weighted by Gasteiger charge is -2.37. The predicted molar refractivity (Wildman–Crippen MR) is 121 cm³/mol. The van der Waals surface area contributed by atoms with Gasteiger partial charge in [0.25, 0.3) is 0 Å². The Morgan fingerprint density at radius 3 is 1.55 bits per heavy atom. The number of hydrogen-bond donors (Lipinski definition) is 0. The van der Waals surface area contributed by atoms with Gasteiger partial charge in [0.1, 0.15) is 6.73 Å². The van der Waals surface area contributed by atoms with Crippen LogP contribution in [-0.4, -0.2) is 27.5 Å². The molecule has 1 heterocycles. The molecule has 7 nitrogen and oxygen atoms in total. The smallest absolute Gasteiger partial charge is 0.338 e. The van der Waals surface area contributed by atoms with Crippen molar-refractivity contribution < 1.29 is 4.74 Å². The first kappa shape index (κ1) is 25.1. The minimum atomic E-state index is -1.70. The summed E-state index contributed by atoms with van der Waals surface area (Å²) in [6.07, 6.45) is 6.24. The first-order valence-corrected chi connectivity index (χ1v) is 13.3. The average molecular weight is 424 g/mol. The summed E-state index contributed by atoms with van der Waals surface area (Å²) >= 11 is 0. The van der Waals surface area contributed by atoms with Crippen LogP contribution >= 0.6 is 0 Å². The van der Waals surface area contributed by atoms with Crippen LogP contribution in [0.5, 0.6) is 0 Å². The van der Waals surface area contributed by atoms with Crippen molar-refractivity contribution in [1.82, 2.24) is 13.7 Å². The van der Waals surface area contributed by atoms with Gasteiger partial charge in [-0.2, -0.15) is 0 Å². The van der Waals surface area contributed by atoms with Crippen molar-refractivity contribution in [3.05, 3.63) is 56.8 Å². The second kappa shape index (κ2) is 11.9. The van der Waals surface area contributed by atoms with Crippen molar-refractivity contribution in [3.63, 3.8) is 0 Å². The monoisotopic (exact) mass is 423 g/mol. The Kier molecular flexibility index (Phi) is 10.3. The lowest BCUT2D eigenvalue weighted by atomic mass is 10.5. The predicted octanol–water partition coefficient (Wildman–Crippen LogP) is 3.12. The third-order valence-electron chi connectivity index (χ3n) is 5.57. The molecule has 0 spiro atoms. The maximum absolute atomic E-state index is 12.8. The van der Waals surface area contributed by atoms with E-state index in [2.05, 4.69) is 40.9 Å². The summed E-state index contributed by atoms with van der Waals surface area (Å²) in [6.45, 7) is 15.8. The van der Waals surface area contributed by atoms with Crippen LogP contribution in [0.15, 0.2) is 39.7 Å². The lowest BCUT2D eigenvalue weighted by molar-refractivity contribution is 0.0466. The third-order valence-corrected chi connectivity index (χ3v) is 11.9. The van der Waals surface area contributed by atoms with Crippen LogP contribution < -0.4 is 17.1 Å². The van der Waals surface area contributed by atoms with Gasteiger partial charge in [-0.1, -0.05) is 70.3 Å². The van der Waals surface area contributed by atoms with E-state index in [-0.39, 0.29) is 25.5 Å². The molecule has 0 bridgehead atoms. The molecule has 0 aromatic carbocycles. The zero-order valence-electron chi connectivity index (χ0n) is 18.5. The molecule has 0 N–H and O–H groups in total. The first-order chi connectivity index (χ1) is 13.8. The molecule has 1 atom stereocenters. The molecule has 8 heteroatoms. The lowest BCUT2D eigenvalue weighted by Crippen LogP contribution is -2.55. The number of aromatic nitrogens is 3. The van der Waals surface area contributed by atoms with Gasteiger partial charge in [-0.3, -0.25) is 0 Å². The topological polar surface area (TPSA) is 75.2 Å². The fourth-order valence-corrected chi connectivity index (χ4v) is 9.59. The molecule has 0 saturated heterocycles. The Morgan fingerprint density at radius 1 is 0.828 bits per heavy atom. The van der Waals surface area contributed by atoms with Gasteiger partial charge in [-0.05, 0) is 6.92 Å². The molecule has 0 radical (unpaired) electrons. The zero-order chi connectivity index (χ0) is 22.0. The minimum absolute atomic E-state index is 0.0151. The van der Waals surface area contributed by atoms with E-state index in [1.165, 1.54) is 30.3 Å². The standard InChI is InChI=1S/C21H37N3O4Si/c1-7-12-22-19(25)23(13-8-2)21(27)24(20(22)26)17-28-18(6)29(14-9-3,15-10-4)16-11-5/h7-8,18H,1-2,9-17H2,3-6H3. The van der Waals surface area contributed by atoms with Crippen molar-refractivity contribution in [2.45, 2.75) is 90.6 Å². The van der Waals surface area contributed by atoms with Crippen LogP contribution in [0.1, 0.15) is 47.0 Å². The molecule has 1 unspecified atom stereocenters. The van der Waals surface area contributed by atoms with E-state index in [0.29, 0.717) is 0 Å². The largest absolute Gasteiger partial charge is 0.361 e. The summed E-state index contributed by atoms with van der Waals surface area (Å²) in [7, 11) is -1.70. The van der Waals surface area contributed by atoms with Crippen molar-refractivity contribution >= 4 is 8.07 Å². The Labute approximate surface area is 174 Å². The molecule has 0 aliphatic rings. The summed E-state index contributed by atoms with van der Waals surface area (Å²) in [4.78, 5) is 38.0. The van der Waals surface area contributed by atoms with Crippen molar-refractivity contribution in [3.8, 4) is 0 Å². The highest BCUT2D eigenvalue weighted by Gasteiger charge is 2.37. The molecule has 0 saturated carbocycles. The van der Waals surface area contributed by atoms with Gasteiger partial charge in [-0.25, -0.2) is 28.1 Å². The molecule has 0 amide bonds. The highest BCUT2D eigenvalue weighted by molar-refractivity contribution is 6.81. The summed E-state index contributed by atoms with van der Waals surface area (Å²) in [6, 6.07) is 3.50. The second-order valence-electron chi connectivity index (χ2n) is 7.62. The molecule has 0 fully saturated rings. The first-order valence-electron chi connectivity index (χ1n) is 10.6. The molecule has 1 aromatic heterocycles. The summed E-state index contributed by atoms with van der Waals surface area (Å²) in [5.74, 6) is 0. The maximum Gasteiger partial charge on any atom is 0.338 e. The number of hydrogen-bond acceptors (Lipinski definition) is 4. The quantitative estimate of drug-likeness (QED) is 0.340. The fraction of sp³-hybridized carbons (Fsp3) is 0.667. The second-order valence-corrected chi connectivity index (χ2v) is 12.7. The van der Waals surface area contributed by atoms with Gasteiger partial charge >= 0.3 is 17.1 Å². The van der Waals surface area contributed by atoms with E-state index in [1.54, 1.807) is 0 Å². The molecule has 164 valence electrons. The Bertz CT molecular complexity index is 788. The molecule has 1 aromatic rings. The summed E-state index contributed by atoms with van der Waals surface area (Å²) < 4.78 is 9.17. The van der Waals surface area contributed by atoms with Crippen molar-refractivity contribution in [2.75, 3.05) is 0 Å². The van der Waals surface area contributed by atoms with Gasteiger partial charge < -0.3 is 4.74 Å². The van der Waals surface area contributed by atoms with E-state index < -0.39 is 25.1 Å². The minimum Gasteiger partial charge on any atom is -0.361 e.